The van der Waals surface area contributed by atoms with Crippen LogP contribution in [0.2, 0.25) is 0 Å². The molecule has 1 aromatic rings. The lowest BCUT2D eigenvalue weighted by Gasteiger charge is -2.14. The summed E-state index contributed by atoms with van der Waals surface area (Å²) in [5, 5.41) is 10.0. The predicted molar refractivity (Wildman–Crippen MR) is 86.9 cm³/mol. The van der Waals surface area contributed by atoms with Gasteiger partial charge in [-0.05, 0) is 37.6 Å². The maximum absolute atomic E-state index is 12.3. The van der Waals surface area contributed by atoms with E-state index in [0.717, 1.165) is 0 Å². The summed E-state index contributed by atoms with van der Waals surface area (Å²) in [5.74, 6) is 0.150. The van der Waals surface area contributed by atoms with E-state index >= 15 is 0 Å². The van der Waals surface area contributed by atoms with Crippen LogP contribution in [0.5, 0.6) is 5.75 Å². The molecular weight excluding hydrogens is 282 g/mol. The first-order valence-electron chi connectivity index (χ1n) is 7.24. The van der Waals surface area contributed by atoms with Gasteiger partial charge in [0, 0.05) is 27.2 Å². The van der Waals surface area contributed by atoms with Crippen molar-refractivity contribution < 1.29 is 14.6 Å². The molecule has 22 heavy (non-hydrogen) atoms. The van der Waals surface area contributed by atoms with Gasteiger partial charge in [-0.2, -0.15) is 0 Å². The van der Waals surface area contributed by atoms with Crippen LogP contribution >= 0.6 is 0 Å². The molecule has 1 aromatic carbocycles. The number of nitrogens with zero attached hydrogens (tertiary/aromatic N) is 3. The average Bonchev–Trinajstić information content (AvgIpc) is 2.74. The van der Waals surface area contributed by atoms with Crippen molar-refractivity contribution in [3.8, 4) is 5.75 Å². The minimum Gasteiger partial charge on any atom is -0.506 e. The molecule has 1 saturated heterocycles. The van der Waals surface area contributed by atoms with E-state index in [4.69, 9.17) is 4.74 Å². The van der Waals surface area contributed by atoms with Gasteiger partial charge < -0.3 is 14.7 Å². The van der Waals surface area contributed by atoms with E-state index in [1.807, 2.05) is 38.9 Å². The molecular formula is C16H21N3O3. The number of amidine groups is 1. The lowest BCUT2D eigenvalue weighted by molar-refractivity contribution is -0.122. The van der Waals surface area contributed by atoms with Crippen LogP contribution in [0, 0.1) is 0 Å². The molecule has 0 aromatic heterocycles. The fourth-order valence-electron chi connectivity index (χ4n) is 2.20. The van der Waals surface area contributed by atoms with Gasteiger partial charge in [0.05, 0.1) is 5.69 Å². The zero-order valence-corrected chi connectivity index (χ0v) is 13.3. The molecule has 1 N–H and O–H groups in total. The second-order valence-electron chi connectivity index (χ2n) is 5.06. The van der Waals surface area contributed by atoms with Gasteiger partial charge >= 0.3 is 0 Å². The smallest absolute Gasteiger partial charge is 0.300 e. The number of phenolic OH excluding ortho intramolecular Hbond substituents is 1. The van der Waals surface area contributed by atoms with Crippen LogP contribution in [0.3, 0.4) is 0 Å². The maximum Gasteiger partial charge on any atom is 0.300 e. The molecule has 0 atom stereocenters. The number of aliphatic imine (C=N–C) groups is 1. The molecule has 2 rings (SSSR count). The summed E-state index contributed by atoms with van der Waals surface area (Å²) in [6.07, 6.45) is 1.61. The summed E-state index contributed by atoms with van der Waals surface area (Å²) in [4.78, 5) is 19.7. The Morgan fingerprint density at radius 1 is 1.36 bits per heavy atom. The van der Waals surface area contributed by atoms with Crippen molar-refractivity contribution in [1.82, 2.24) is 4.90 Å². The summed E-state index contributed by atoms with van der Waals surface area (Å²) < 4.78 is 5.53. The molecule has 1 aliphatic heterocycles. The number of ether oxygens (including phenoxy) is 1. The first-order chi connectivity index (χ1) is 10.5. The quantitative estimate of drug-likeness (QED) is 0.865. The molecule has 1 aliphatic rings. The van der Waals surface area contributed by atoms with E-state index in [1.54, 1.807) is 18.2 Å². The van der Waals surface area contributed by atoms with Crippen LogP contribution in [0.1, 0.15) is 19.4 Å². The number of rotatable bonds is 4. The molecule has 6 nitrogen and oxygen atoms in total. The third-order valence-electron chi connectivity index (χ3n) is 3.28. The lowest BCUT2D eigenvalue weighted by atomic mass is 10.1. The van der Waals surface area contributed by atoms with E-state index in [9.17, 15) is 9.90 Å². The van der Waals surface area contributed by atoms with E-state index in [-0.39, 0.29) is 17.4 Å². The Morgan fingerprint density at radius 2 is 2.09 bits per heavy atom. The van der Waals surface area contributed by atoms with Gasteiger partial charge in [-0.25, -0.2) is 4.99 Å². The van der Waals surface area contributed by atoms with Crippen LogP contribution in [0.4, 0.5) is 5.69 Å². The van der Waals surface area contributed by atoms with Gasteiger partial charge in [0.25, 0.3) is 11.9 Å². The molecule has 0 spiro atoms. The number of phenols is 1. The number of carbonyl (C=O) groups excluding carboxylic acids is 1. The van der Waals surface area contributed by atoms with Crippen LogP contribution < -0.4 is 4.90 Å². The van der Waals surface area contributed by atoms with Crippen molar-refractivity contribution in [1.29, 1.82) is 0 Å². The topological polar surface area (TPSA) is 65.4 Å². The van der Waals surface area contributed by atoms with Crippen molar-refractivity contribution in [3.05, 3.63) is 29.5 Å². The highest BCUT2D eigenvalue weighted by Gasteiger charge is 2.33. The first-order valence-corrected chi connectivity index (χ1v) is 7.24. The summed E-state index contributed by atoms with van der Waals surface area (Å²) >= 11 is 0. The van der Waals surface area contributed by atoms with E-state index in [0.29, 0.717) is 30.4 Å². The molecule has 0 unspecified atom stereocenters. The average molecular weight is 303 g/mol. The number of benzene rings is 1. The summed E-state index contributed by atoms with van der Waals surface area (Å²) in [6, 6.07) is 5.55. The Hall–Kier alpha value is -2.50. The van der Waals surface area contributed by atoms with Crippen LogP contribution in [0.25, 0.3) is 6.08 Å². The minimum absolute atomic E-state index is 0.152. The number of carbonyl (C=O) groups is 1. The molecule has 0 saturated carbocycles. The molecule has 0 aliphatic carbocycles. The highest BCUT2D eigenvalue weighted by atomic mass is 16.5. The van der Waals surface area contributed by atoms with Gasteiger partial charge in [0.1, 0.15) is 5.75 Å². The number of hydrogen-bond donors (Lipinski definition) is 1. The molecule has 1 fully saturated rings. The zero-order valence-electron chi connectivity index (χ0n) is 13.3. The summed E-state index contributed by atoms with van der Waals surface area (Å²) in [7, 11) is 3.70. The standard InChI is InChI=1S/C16H21N3O3/c1-5-17-16-19(6-2)15(21)14(22-16)10-11-7-8-12(18(3)4)13(20)9-11/h7-10,20H,5-6H2,1-4H3/b14-10+,17-16+. The van der Waals surface area contributed by atoms with Gasteiger partial charge in [-0.15, -0.1) is 0 Å². The lowest BCUT2D eigenvalue weighted by Crippen LogP contribution is -2.29. The second kappa shape index (κ2) is 6.51. The largest absolute Gasteiger partial charge is 0.506 e. The first kappa shape index (κ1) is 15.9. The number of amides is 1. The van der Waals surface area contributed by atoms with E-state index in [2.05, 4.69) is 4.99 Å². The number of aromatic hydroxyl groups is 1. The number of anilines is 1. The Labute approximate surface area is 130 Å². The van der Waals surface area contributed by atoms with Crippen molar-refractivity contribution in [3.63, 3.8) is 0 Å². The zero-order chi connectivity index (χ0) is 16.3. The van der Waals surface area contributed by atoms with Gasteiger partial charge in [-0.3, -0.25) is 9.69 Å². The minimum atomic E-state index is -0.217. The fraction of sp³-hybridized carbons (Fsp3) is 0.375. The van der Waals surface area contributed by atoms with E-state index < -0.39 is 0 Å². The second-order valence-corrected chi connectivity index (χ2v) is 5.06. The third kappa shape index (κ3) is 3.05. The summed E-state index contributed by atoms with van der Waals surface area (Å²) in [6.45, 7) is 4.80. The Bertz CT molecular complexity index is 636. The molecule has 1 heterocycles. The van der Waals surface area contributed by atoms with Crippen LogP contribution in [-0.4, -0.2) is 49.1 Å². The van der Waals surface area contributed by atoms with E-state index in [1.165, 1.54) is 4.90 Å². The van der Waals surface area contributed by atoms with Gasteiger partial charge in [-0.1, -0.05) is 6.07 Å². The SMILES string of the molecule is CC/N=C1/O/C(=C/c2ccc(N(C)C)c(O)c2)C(=O)N1CC. The Kier molecular flexibility index (Phi) is 4.70. The maximum atomic E-state index is 12.3. The van der Waals surface area contributed by atoms with Crippen molar-refractivity contribution >= 4 is 23.7 Å². The van der Waals surface area contributed by atoms with Crippen LogP contribution in [0.15, 0.2) is 29.0 Å². The predicted octanol–water partition coefficient (Wildman–Crippen LogP) is 2.05. The molecule has 0 bridgehead atoms. The van der Waals surface area contributed by atoms with Crippen molar-refractivity contribution in [2.45, 2.75) is 13.8 Å². The van der Waals surface area contributed by atoms with Gasteiger partial charge in [0.2, 0.25) is 0 Å². The normalized spacial score (nSPS) is 18.2. The molecule has 0 radical (unpaired) electrons. The number of hydrogen-bond acceptors (Lipinski definition) is 5. The highest BCUT2D eigenvalue weighted by Crippen LogP contribution is 2.28. The van der Waals surface area contributed by atoms with Crippen molar-refractivity contribution in [2.75, 3.05) is 32.1 Å². The molecule has 118 valence electrons. The van der Waals surface area contributed by atoms with Gasteiger partial charge in [0.15, 0.2) is 5.76 Å². The third-order valence-corrected chi connectivity index (χ3v) is 3.28. The fourth-order valence-corrected chi connectivity index (χ4v) is 2.20. The monoisotopic (exact) mass is 303 g/mol. The van der Waals surface area contributed by atoms with Crippen molar-refractivity contribution in [2.24, 2.45) is 4.99 Å². The molecule has 6 heteroatoms. The van der Waals surface area contributed by atoms with Crippen LogP contribution in [-0.2, 0) is 9.53 Å². The molecule has 1 amide bonds. The Balaban J connectivity index is 2.32. The highest BCUT2D eigenvalue weighted by molar-refractivity contribution is 6.11. The summed E-state index contributed by atoms with van der Waals surface area (Å²) in [5.41, 5.74) is 1.41. The Morgan fingerprint density at radius 3 is 2.64 bits per heavy atom. The number of likely N-dealkylation sites (N-methyl/N-ethyl adjacent to an activating group) is 1.